The van der Waals surface area contributed by atoms with Crippen LogP contribution >= 0.6 is 0 Å². The minimum Gasteiger partial charge on any atom is -0.392 e. The first-order valence-corrected chi connectivity index (χ1v) is 9.85. The molecule has 0 amide bonds. The summed E-state index contributed by atoms with van der Waals surface area (Å²) in [6.07, 6.45) is 7.66. The van der Waals surface area contributed by atoms with Crippen molar-refractivity contribution in [1.82, 2.24) is 0 Å². The van der Waals surface area contributed by atoms with E-state index in [1.807, 2.05) is 36.4 Å². The van der Waals surface area contributed by atoms with Crippen LogP contribution in [0, 0.1) is 0 Å². The number of hydrogen-bond acceptors (Lipinski definition) is 4. The van der Waals surface area contributed by atoms with Gasteiger partial charge in [-0.3, -0.25) is 0 Å². The van der Waals surface area contributed by atoms with Gasteiger partial charge in [0.05, 0.1) is 26.4 Å². The van der Waals surface area contributed by atoms with Gasteiger partial charge in [-0.15, -0.1) is 0 Å². The van der Waals surface area contributed by atoms with Crippen LogP contribution in [0.2, 0.25) is 0 Å². The fourth-order valence-corrected chi connectivity index (χ4v) is 3.52. The van der Waals surface area contributed by atoms with Crippen LogP contribution < -0.4 is 0 Å². The monoisotopic (exact) mass is 372 g/mol. The lowest BCUT2D eigenvalue weighted by Gasteiger charge is -2.08. The van der Waals surface area contributed by atoms with E-state index in [-0.39, 0.29) is 26.4 Å². The van der Waals surface area contributed by atoms with Crippen molar-refractivity contribution in [3.05, 3.63) is 69.8 Å². The average molecular weight is 373 g/mol. The molecule has 0 bridgehead atoms. The molecule has 2 rings (SSSR count). The Labute approximate surface area is 162 Å². The number of aliphatic hydroxyl groups excluding tert-OH is 4. The number of aryl methyl sites for hydroxylation is 2. The highest BCUT2D eigenvalue weighted by Crippen LogP contribution is 2.17. The molecule has 0 aliphatic carbocycles. The molecule has 2 aromatic carbocycles. The second-order valence-corrected chi connectivity index (χ2v) is 7.22. The Morgan fingerprint density at radius 1 is 0.370 bits per heavy atom. The SMILES string of the molecule is OCc1cc(CO)cc(CCCCCCCc2cc(CO)cc(CO)c2)c1. The molecule has 0 aliphatic heterocycles. The summed E-state index contributed by atoms with van der Waals surface area (Å²) in [7, 11) is 0. The van der Waals surface area contributed by atoms with Crippen molar-refractivity contribution in [3.63, 3.8) is 0 Å². The third-order valence-corrected chi connectivity index (χ3v) is 4.89. The Morgan fingerprint density at radius 3 is 0.926 bits per heavy atom. The minimum absolute atomic E-state index is 0.0102. The maximum atomic E-state index is 9.30. The van der Waals surface area contributed by atoms with Gasteiger partial charge in [-0.25, -0.2) is 0 Å². The number of hydrogen-bond donors (Lipinski definition) is 4. The molecular formula is C23H32O4. The van der Waals surface area contributed by atoms with Gasteiger partial charge in [-0.05, 0) is 59.1 Å². The molecule has 0 aromatic heterocycles. The molecule has 0 radical (unpaired) electrons. The summed E-state index contributed by atoms with van der Waals surface area (Å²) in [5, 5.41) is 37.2. The van der Waals surface area contributed by atoms with Crippen LogP contribution in [0.3, 0.4) is 0 Å². The van der Waals surface area contributed by atoms with E-state index in [0.29, 0.717) is 0 Å². The maximum Gasteiger partial charge on any atom is 0.0682 e. The highest BCUT2D eigenvalue weighted by molar-refractivity contribution is 5.30. The van der Waals surface area contributed by atoms with Gasteiger partial charge in [0, 0.05) is 0 Å². The minimum atomic E-state index is 0.0102. The second-order valence-electron chi connectivity index (χ2n) is 7.22. The fourth-order valence-electron chi connectivity index (χ4n) is 3.52. The Morgan fingerprint density at radius 2 is 0.630 bits per heavy atom. The molecule has 0 unspecified atom stereocenters. The molecule has 0 saturated carbocycles. The molecule has 148 valence electrons. The van der Waals surface area contributed by atoms with E-state index in [1.165, 1.54) is 17.5 Å². The Bertz CT molecular complexity index is 593. The van der Waals surface area contributed by atoms with Gasteiger partial charge in [-0.2, -0.15) is 0 Å². The van der Waals surface area contributed by atoms with Crippen LogP contribution in [0.4, 0.5) is 0 Å². The van der Waals surface area contributed by atoms with E-state index >= 15 is 0 Å². The smallest absolute Gasteiger partial charge is 0.0682 e. The van der Waals surface area contributed by atoms with Crippen LogP contribution in [0.1, 0.15) is 65.5 Å². The van der Waals surface area contributed by atoms with E-state index in [0.717, 1.165) is 60.8 Å². The highest BCUT2D eigenvalue weighted by atomic mass is 16.3. The predicted molar refractivity (Wildman–Crippen MR) is 107 cm³/mol. The van der Waals surface area contributed by atoms with Crippen molar-refractivity contribution in [3.8, 4) is 0 Å². The number of aliphatic hydroxyl groups is 4. The molecule has 0 heterocycles. The number of rotatable bonds is 12. The molecule has 27 heavy (non-hydrogen) atoms. The molecule has 4 N–H and O–H groups in total. The van der Waals surface area contributed by atoms with Crippen LogP contribution in [0.15, 0.2) is 36.4 Å². The first-order chi connectivity index (χ1) is 13.2. The van der Waals surface area contributed by atoms with Gasteiger partial charge in [0.1, 0.15) is 0 Å². The predicted octanol–water partition coefficient (Wildman–Crippen LogP) is 3.39. The van der Waals surface area contributed by atoms with E-state index in [9.17, 15) is 20.4 Å². The van der Waals surface area contributed by atoms with Gasteiger partial charge < -0.3 is 20.4 Å². The van der Waals surface area contributed by atoms with Crippen molar-refractivity contribution < 1.29 is 20.4 Å². The molecule has 0 aliphatic rings. The Balaban J connectivity index is 1.68. The van der Waals surface area contributed by atoms with Crippen molar-refractivity contribution in [2.45, 2.75) is 71.4 Å². The largest absolute Gasteiger partial charge is 0.392 e. The van der Waals surface area contributed by atoms with Crippen LogP contribution in [-0.2, 0) is 39.3 Å². The summed E-state index contributed by atoms with van der Waals surface area (Å²) < 4.78 is 0. The van der Waals surface area contributed by atoms with Gasteiger partial charge in [0.25, 0.3) is 0 Å². The summed E-state index contributed by atoms with van der Waals surface area (Å²) >= 11 is 0. The average Bonchev–Trinajstić information content (AvgIpc) is 2.72. The van der Waals surface area contributed by atoms with Crippen molar-refractivity contribution >= 4 is 0 Å². The number of unbranched alkanes of at least 4 members (excludes halogenated alkanes) is 4. The summed E-state index contributed by atoms with van der Waals surface area (Å²) in [5.41, 5.74) is 5.83. The summed E-state index contributed by atoms with van der Waals surface area (Å²) in [6.45, 7) is 0.0409. The third-order valence-electron chi connectivity index (χ3n) is 4.89. The molecule has 4 nitrogen and oxygen atoms in total. The summed E-state index contributed by atoms with van der Waals surface area (Å²) in [4.78, 5) is 0. The lowest BCUT2D eigenvalue weighted by molar-refractivity contribution is 0.274. The normalized spacial score (nSPS) is 11.1. The molecule has 4 heteroatoms. The third kappa shape index (κ3) is 7.43. The Hall–Kier alpha value is -1.72. The van der Waals surface area contributed by atoms with E-state index in [4.69, 9.17) is 0 Å². The van der Waals surface area contributed by atoms with Gasteiger partial charge in [0.2, 0.25) is 0 Å². The van der Waals surface area contributed by atoms with Crippen LogP contribution in [0.5, 0.6) is 0 Å². The zero-order valence-corrected chi connectivity index (χ0v) is 16.0. The summed E-state index contributed by atoms with van der Waals surface area (Å²) in [6, 6.07) is 11.8. The molecule has 2 aromatic rings. The van der Waals surface area contributed by atoms with Crippen LogP contribution in [-0.4, -0.2) is 20.4 Å². The van der Waals surface area contributed by atoms with E-state index in [2.05, 4.69) is 0 Å². The molecule has 0 fully saturated rings. The first kappa shape index (κ1) is 21.6. The lowest BCUT2D eigenvalue weighted by Crippen LogP contribution is -1.95. The molecule has 0 atom stereocenters. The lowest BCUT2D eigenvalue weighted by atomic mass is 9.99. The van der Waals surface area contributed by atoms with E-state index < -0.39 is 0 Å². The highest BCUT2D eigenvalue weighted by Gasteiger charge is 2.03. The number of benzene rings is 2. The first-order valence-electron chi connectivity index (χ1n) is 9.85. The topological polar surface area (TPSA) is 80.9 Å². The maximum absolute atomic E-state index is 9.30. The molecule has 0 spiro atoms. The second kappa shape index (κ2) is 11.9. The standard InChI is InChI=1S/C23H32O4/c24-14-20-8-18(9-21(12-20)15-25)6-4-2-1-3-5-7-19-10-22(16-26)13-23(11-19)17-27/h8-13,24-27H,1-7,14-17H2. The molecule has 0 saturated heterocycles. The van der Waals surface area contributed by atoms with Gasteiger partial charge >= 0.3 is 0 Å². The fraction of sp³-hybridized carbons (Fsp3) is 0.478. The van der Waals surface area contributed by atoms with Crippen molar-refractivity contribution in [2.75, 3.05) is 0 Å². The van der Waals surface area contributed by atoms with Gasteiger partial charge in [-0.1, -0.05) is 55.7 Å². The zero-order chi connectivity index (χ0) is 19.5. The Kier molecular flexibility index (Phi) is 9.50. The quantitative estimate of drug-likeness (QED) is 0.431. The van der Waals surface area contributed by atoms with Gasteiger partial charge in [0.15, 0.2) is 0 Å². The van der Waals surface area contributed by atoms with Crippen molar-refractivity contribution in [1.29, 1.82) is 0 Å². The zero-order valence-electron chi connectivity index (χ0n) is 16.0. The summed E-state index contributed by atoms with van der Waals surface area (Å²) in [5.74, 6) is 0. The van der Waals surface area contributed by atoms with Crippen LogP contribution in [0.25, 0.3) is 0 Å². The van der Waals surface area contributed by atoms with E-state index in [1.54, 1.807) is 0 Å². The van der Waals surface area contributed by atoms with Crippen molar-refractivity contribution in [2.24, 2.45) is 0 Å². The molecular weight excluding hydrogens is 340 g/mol.